The molecule has 0 aliphatic heterocycles. The lowest BCUT2D eigenvalue weighted by atomic mass is 9.98. The van der Waals surface area contributed by atoms with Gasteiger partial charge in [0.1, 0.15) is 11.2 Å². The minimum absolute atomic E-state index is 0.622. The Morgan fingerprint density at radius 2 is 0.473 bits per heavy atom. The van der Waals surface area contributed by atoms with Gasteiger partial charge in [0, 0.05) is 115 Å². The predicted octanol–water partition coefficient (Wildman–Crippen LogP) is 29.5. The van der Waals surface area contributed by atoms with Crippen LogP contribution in [-0.2, 0) is 0 Å². The molecule has 131 heavy (non-hydrogen) atoms. The highest BCUT2D eigenvalue weighted by Crippen LogP contribution is 2.46. The van der Waals surface area contributed by atoms with Gasteiger partial charge >= 0.3 is 0 Å². The quantitative estimate of drug-likeness (QED) is 0.104. The number of nitrogens with zero attached hydrogens (tertiary/aromatic N) is 12. The Hall–Kier alpha value is -17.9. The first-order valence-electron chi connectivity index (χ1n) is 43.9. The van der Waals surface area contributed by atoms with Gasteiger partial charge < -0.3 is 18.1 Å². The molecule has 0 aliphatic rings. The molecule has 0 atom stereocenters. The molecule has 0 aliphatic carbocycles. The summed E-state index contributed by atoms with van der Waals surface area (Å²) in [5.74, 6) is 4.43. The molecule has 0 saturated carbocycles. The molecule has 0 radical (unpaired) electrons. The largest absolute Gasteiger partial charge is 0.456 e. The smallest absolute Gasteiger partial charge is 0.235 e. The van der Waals surface area contributed by atoms with Crippen LogP contribution in [0.15, 0.2) is 453 Å². The van der Waals surface area contributed by atoms with Crippen molar-refractivity contribution in [3.05, 3.63) is 449 Å². The van der Waals surface area contributed by atoms with Crippen molar-refractivity contribution in [2.75, 3.05) is 0 Å². The van der Waals surface area contributed by atoms with E-state index in [-0.39, 0.29) is 0 Å². The summed E-state index contributed by atoms with van der Waals surface area (Å²) < 4.78 is 15.5. The number of fused-ring (bicyclic) bond motifs is 15. The third-order valence-corrected chi connectivity index (χ3v) is 25.2. The summed E-state index contributed by atoms with van der Waals surface area (Å²) >= 11 is 0. The zero-order chi connectivity index (χ0) is 86.4. The van der Waals surface area contributed by atoms with Crippen LogP contribution in [0.1, 0.15) is 0 Å². The molecule has 0 amide bonds. The van der Waals surface area contributed by atoms with Crippen LogP contribution in [0.25, 0.3) is 245 Å². The van der Waals surface area contributed by atoms with Gasteiger partial charge in [-0.2, -0.15) is 0 Å². The molecule has 0 unspecified atom stereocenters. The third kappa shape index (κ3) is 13.3. The third-order valence-electron chi connectivity index (χ3n) is 25.2. The topological polar surface area (TPSA) is 136 Å². The molecule has 612 valence electrons. The maximum absolute atomic E-state index is 6.21. The molecule has 0 bridgehead atoms. The molecule has 26 rings (SSSR count). The van der Waals surface area contributed by atoms with Crippen molar-refractivity contribution < 1.29 is 4.42 Å². The van der Waals surface area contributed by atoms with Gasteiger partial charge in [-0.1, -0.05) is 322 Å². The van der Waals surface area contributed by atoms with E-state index in [1.54, 1.807) is 0 Å². The molecular weight excluding hydrogens is 1600 g/mol. The zero-order valence-corrected chi connectivity index (χ0v) is 70.5. The number of hydrogen-bond donors (Lipinski definition) is 0. The van der Waals surface area contributed by atoms with Gasteiger partial charge in [0.15, 0.2) is 34.9 Å². The molecule has 18 aromatic carbocycles. The molecule has 13 nitrogen and oxygen atoms in total. The van der Waals surface area contributed by atoms with E-state index in [2.05, 4.69) is 322 Å². The Kier molecular flexibility index (Phi) is 18.2. The van der Waals surface area contributed by atoms with E-state index in [0.717, 1.165) is 166 Å². The Morgan fingerprint density at radius 3 is 0.947 bits per heavy atom. The van der Waals surface area contributed by atoms with Gasteiger partial charge in [0.05, 0.1) is 55.5 Å². The fourth-order valence-electron chi connectivity index (χ4n) is 19.2. The highest BCUT2D eigenvalue weighted by molar-refractivity contribution is 6.20. The number of rotatable bonds is 14. The average Bonchev–Trinajstić information content (AvgIpc) is 1.58. The van der Waals surface area contributed by atoms with Crippen molar-refractivity contribution in [3.63, 3.8) is 0 Å². The van der Waals surface area contributed by atoms with Gasteiger partial charge in [0.25, 0.3) is 0 Å². The van der Waals surface area contributed by atoms with Crippen molar-refractivity contribution in [2.45, 2.75) is 0 Å². The first-order valence-corrected chi connectivity index (χ1v) is 43.9. The molecule has 0 spiro atoms. The van der Waals surface area contributed by atoms with Crippen molar-refractivity contribution in [1.29, 1.82) is 0 Å². The Morgan fingerprint density at radius 1 is 0.160 bits per heavy atom. The first kappa shape index (κ1) is 75.6. The molecular formula is C118H74N12O. The van der Waals surface area contributed by atoms with E-state index in [0.29, 0.717) is 40.9 Å². The maximum atomic E-state index is 6.21. The summed E-state index contributed by atoms with van der Waals surface area (Å²) in [5, 5.41) is 11.7. The van der Waals surface area contributed by atoms with Crippen LogP contribution in [0.5, 0.6) is 0 Å². The lowest BCUT2D eigenvalue weighted by molar-refractivity contribution is 0.669. The van der Waals surface area contributed by atoms with Crippen LogP contribution in [0.4, 0.5) is 0 Å². The molecule has 26 aromatic rings. The van der Waals surface area contributed by atoms with Crippen LogP contribution in [-0.4, -0.2) is 58.1 Å². The number of hydrogen-bond acceptors (Lipinski definition) is 9. The predicted molar refractivity (Wildman–Crippen MR) is 534 cm³/mol. The van der Waals surface area contributed by atoms with Gasteiger partial charge in [-0.3, -0.25) is 4.57 Å². The van der Waals surface area contributed by atoms with Crippen LogP contribution < -0.4 is 0 Å². The second kappa shape index (κ2) is 31.6. The molecule has 8 heterocycles. The van der Waals surface area contributed by atoms with E-state index in [1.807, 2.05) is 146 Å². The summed E-state index contributed by atoms with van der Waals surface area (Å²) in [6.45, 7) is 0. The first-order chi connectivity index (χ1) is 64.9. The van der Waals surface area contributed by atoms with Crippen LogP contribution in [0, 0.1) is 0 Å². The van der Waals surface area contributed by atoms with E-state index >= 15 is 0 Å². The molecule has 0 saturated heterocycles. The fourth-order valence-corrected chi connectivity index (χ4v) is 19.2. The van der Waals surface area contributed by atoms with Crippen molar-refractivity contribution in [3.8, 4) is 136 Å². The number of benzene rings is 18. The summed E-state index contributed by atoms with van der Waals surface area (Å²) in [7, 11) is 0. The highest BCUT2D eigenvalue weighted by atomic mass is 16.3. The van der Waals surface area contributed by atoms with E-state index in [4.69, 9.17) is 44.3 Å². The van der Waals surface area contributed by atoms with Gasteiger partial charge in [0.2, 0.25) is 5.95 Å². The summed E-state index contributed by atoms with van der Waals surface area (Å²) in [6.07, 6.45) is 0. The monoisotopic (exact) mass is 1670 g/mol. The molecule has 0 fully saturated rings. The summed E-state index contributed by atoms with van der Waals surface area (Å²) in [4.78, 5) is 40.4. The standard InChI is InChI=1S/C61H39N7.C57H35N5O/c1-5-18-40(19-6-1)51-39-52(41-20-7-2-8-21-41)63-61(62-51)68-53-29-15-13-26-48(53)50-38-45(34-37-55(50)68)47-28-17-31-56-57(47)49-27-14-16-30-54(49)67(56)46-35-32-44(33-36-46)60-65-58(42-22-9-3-10-23-42)64-59(66-60)43-24-11-4-12-25-43;1-3-15-36(16-4-1)55-58-56(37-17-5-2-6-18-37)60-57(59-55)39-19-13-20-40(33-39)62-49-26-11-8-23-45(49)54-42(24-14-27-51(54)62)38-29-31-50-46(34-38)43-21-7-10-25-48(43)61(50)41-30-32-53-47(35-41)44-22-9-12-28-52(44)63-53/h1-39H;1-35H. The van der Waals surface area contributed by atoms with Crippen molar-refractivity contribution >= 4 is 109 Å². The lowest BCUT2D eigenvalue weighted by Crippen LogP contribution is -2.03. The van der Waals surface area contributed by atoms with E-state index in [9.17, 15) is 0 Å². The van der Waals surface area contributed by atoms with Gasteiger partial charge in [-0.15, -0.1) is 0 Å². The van der Waals surface area contributed by atoms with Crippen molar-refractivity contribution in [2.24, 2.45) is 0 Å². The Labute approximate surface area is 751 Å². The molecule has 8 aromatic heterocycles. The Bertz CT molecular complexity index is 8780. The van der Waals surface area contributed by atoms with Crippen molar-refractivity contribution in [1.82, 2.24) is 58.1 Å². The molecule has 0 N–H and O–H groups in total. The number of aromatic nitrogens is 12. The lowest BCUT2D eigenvalue weighted by Gasteiger charge is -2.12. The second-order valence-corrected chi connectivity index (χ2v) is 32.9. The number of para-hydroxylation sites is 5. The minimum Gasteiger partial charge on any atom is -0.456 e. The SMILES string of the molecule is c1ccc(-c2cc(-c3ccccc3)nc(-n3c4ccccc4c4cc(-c5cccc6c5c5ccccc5n6-c5ccc(-c6nc(-c7ccccc7)nc(-c7ccccc7)n6)cc5)ccc43)n2)cc1.c1ccc(-c2nc(-c3ccccc3)nc(-c3cccc(-n4c5ccccc5c5c(-c6ccc7c(c6)c6ccccc6n7-c6ccc7oc8ccccc8c7c6)cccc54)c3)n2)cc1. The average molecular weight is 1680 g/mol. The van der Waals surface area contributed by atoms with Crippen LogP contribution >= 0.6 is 0 Å². The fraction of sp³-hybridized carbons (Fsp3) is 0. The zero-order valence-electron chi connectivity index (χ0n) is 70.5. The summed E-state index contributed by atoms with van der Waals surface area (Å²) in [5.41, 5.74) is 27.9. The van der Waals surface area contributed by atoms with Gasteiger partial charge in [-0.05, 0) is 150 Å². The Balaban J connectivity index is 0.000000141. The van der Waals surface area contributed by atoms with Crippen LogP contribution in [0.3, 0.4) is 0 Å². The molecule has 13 heteroatoms. The summed E-state index contributed by atoms with van der Waals surface area (Å²) in [6, 6.07) is 157. The highest BCUT2D eigenvalue weighted by Gasteiger charge is 2.25. The second-order valence-electron chi connectivity index (χ2n) is 32.9. The van der Waals surface area contributed by atoms with Crippen LogP contribution in [0.2, 0.25) is 0 Å². The maximum Gasteiger partial charge on any atom is 0.235 e. The van der Waals surface area contributed by atoms with E-state index < -0.39 is 0 Å². The van der Waals surface area contributed by atoms with Gasteiger partial charge in [-0.25, -0.2) is 39.9 Å². The minimum atomic E-state index is 0.622. The normalized spacial score (nSPS) is 11.7. The van der Waals surface area contributed by atoms with E-state index in [1.165, 1.54) is 37.9 Å². The number of furan rings is 1.